The summed E-state index contributed by atoms with van der Waals surface area (Å²) in [6.07, 6.45) is 5.31. The lowest BCUT2D eigenvalue weighted by Crippen LogP contribution is -2.16. The van der Waals surface area contributed by atoms with E-state index >= 15 is 0 Å². The summed E-state index contributed by atoms with van der Waals surface area (Å²) in [5.74, 6) is 0.491. The number of carbonyl (C=O) groups excluding carboxylic acids is 1. The predicted molar refractivity (Wildman–Crippen MR) is 127 cm³/mol. The molecule has 1 saturated heterocycles. The summed E-state index contributed by atoms with van der Waals surface area (Å²) in [5, 5.41) is 3.45. The Hall–Kier alpha value is -3.41. The van der Waals surface area contributed by atoms with E-state index in [0.717, 1.165) is 12.1 Å². The average Bonchev–Trinajstić information content (AvgIpc) is 3.48. The molecule has 0 bridgehead atoms. The predicted octanol–water partition coefficient (Wildman–Crippen LogP) is 3.93. The highest BCUT2D eigenvalue weighted by Gasteiger charge is 2.21. The summed E-state index contributed by atoms with van der Waals surface area (Å²) < 4.78 is 16.6. The van der Waals surface area contributed by atoms with Crippen LogP contribution in [0.4, 0.5) is 5.13 Å². The van der Waals surface area contributed by atoms with E-state index in [2.05, 4.69) is 30.2 Å². The van der Waals surface area contributed by atoms with Gasteiger partial charge >= 0.3 is 0 Å². The van der Waals surface area contributed by atoms with Crippen LogP contribution in [-0.2, 0) is 4.74 Å². The topological polar surface area (TPSA) is 121 Å². The summed E-state index contributed by atoms with van der Waals surface area (Å²) >= 11 is 7.32. The monoisotopic (exact) mass is 498 g/mol. The van der Waals surface area contributed by atoms with Crippen LogP contribution in [0.1, 0.15) is 22.5 Å². The fourth-order valence-corrected chi connectivity index (χ4v) is 4.45. The first-order chi connectivity index (χ1) is 16.5. The summed E-state index contributed by atoms with van der Waals surface area (Å²) in [6.45, 7) is 3.04. The number of carbonyl (C=O) groups is 1. The second-order valence-corrected chi connectivity index (χ2v) is 8.86. The lowest BCUT2D eigenvalue weighted by Gasteiger charge is -2.13. The zero-order valence-electron chi connectivity index (χ0n) is 18.2. The maximum Gasteiger partial charge on any atom is 0.259 e. The van der Waals surface area contributed by atoms with Crippen molar-refractivity contribution in [1.29, 1.82) is 0 Å². The minimum atomic E-state index is -0.392. The molecule has 0 aliphatic carbocycles. The van der Waals surface area contributed by atoms with E-state index in [9.17, 15) is 4.79 Å². The van der Waals surface area contributed by atoms with Crippen LogP contribution in [0.5, 0.6) is 11.6 Å². The van der Waals surface area contributed by atoms with Crippen LogP contribution in [0.3, 0.4) is 0 Å². The molecule has 1 aliphatic rings. The van der Waals surface area contributed by atoms with Crippen LogP contribution in [-0.4, -0.2) is 57.3 Å². The molecule has 0 saturated carbocycles. The van der Waals surface area contributed by atoms with Gasteiger partial charge in [0.1, 0.15) is 17.0 Å². The van der Waals surface area contributed by atoms with Gasteiger partial charge in [0.2, 0.25) is 5.88 Å². The number of methoxy groups -OCH3 is 1. The minimum absolute atomic E-state index is 0.0371. The molecule has 1 aliphatic heterocycles. The first-order valence-corrected chi connectivity index (χ1v) is 11.6. The van der Waals surface area contributed by atoms with E-state index in [4.69, 9.17) is 25.8 Å². The maximum atomic E-state index is 13.2. The van der Waals surface area contributed by atoms with E-state index in [0.29, 0.717) is 57.1 Å². The van der Waals surface area contributed by atoms with Crippen LogP contribution in [0, 0.1) is 6.92 Å². The van der Waals surface area contributed by atoms with Crippen molar-refractivity contribution in [2.45, 2.75) is 19.4 Å². The van der Waals surface area contributed by atoms with Gasteiger partial charge in [-0.1, -0.05) is 22.9 Å². The van der Waals surface area contributed by atoms with E-state index in [-0.39, 0.29) is 11.3 Å². The third kappa shape index (κ3) is 4.63. The molecule has 0 aromatic carbocycles. The zero-order chi connectivity index (χ0) is 23.7. The van der Waals surface area contributed by atoms with Crippen molar-refractivity contribution < 1.29 is 19.0 Å². The SMILES string of the molecule is COc1cnc(Cl)cc1-c1cc(C)ncc1C(=O)Nc1nc2ncc(OC3CCOC3)nc2s1. The molecule has 10 nitrogen and oxygen atoms in total. The first-order valence-electron chi connectivity index (χ1n) is 10.4. The Kier molecular flexibility index (Phi) is 6.22. The smallest absolute Gasteiger partial charge is 0.259 e. The Morgan fingerprint density at radius 1 is 1.18 bits per heavy atom. The molecular formula is C22H19ClN6O4S. The Morgan fingerprint density at radius 2 is 2.06 bits per heavy atom. The maximum absolute atomic E-state index is 13.2. The molecule has 1 amide bonds. The van der Waals surface area contributed by atoms with Gasteiger partial charge in [0.05, 0.1) is 38.3 Å². The third-order valence-electron chi connectivity index (χ3n) is 5.13. The molecule has 4 aromatic heterocycles. The van der Waals surface area contributed by atoms with Crippen molar-refractivity contribution in [3.63, 3.8) is 0 Å². The normalized spacial score (nSPS) is 15.4. The van der Waals surface area contributed by atoms with Crippen LogP contribution in [0.15, 0.2) is 30.7 Å². The average molecular weight is 499 g/mol. The molecule has 1 N–H and O–H groups in total. The van der Waals surface area contributed by atoms with Crippen molar-refractivity contribution >= 4 is 44.5 Å². The summed E-state index contributed by atoms with van der Waals surface area (Å²) in [7, 11) is 1.53. The van der Waals surface area contributed by atoms with Gasteiger partial charge < -0.3 is 14.2 Å². The van der Waals surface area contributed by atoms with Crippen LogP contribution >= 0.6 is 22.9 Å². The lowest BCUT2D eigenvalue weighted by molar-refractivity contribution is 0.102. The van der Waals surface area contributed by atoms with Crippen LogP contribution in [0.2, 0.25) is 5.15 Å². The number of thiazole rings is 1. The van der Waals surface area contributed by atoms with Gasteiger partial charge in [-0.2, -0.15) is 9.97 Å². The van der Waals surface area contributed by atoms with Crippen molar-refractivity contribution in [3.8, 4) is 22.8 Å². The Balaban J connectivity index is 1.43. The molecule has 174 valence electrons. The summed E-state index contributed by atoms with van der Waals surface area (Å²) in [6, 6.07) is 3.44. The largest absolute Gasteiger partial charge is 0.494 e. The highest BCUT2D eigenvalue weighted by Crippen LogP contribution is 2.34. The Morgan fingerprint density at radius 3 is 2.85 bits per heavy atom. The van der Waals surface area contributed by atoms with Crippen molar-refractivity contribution in [1.82, 2.24) is 24.9 Å². The molecule has 12 heteroatoms. The minimum Gasteiger partial charge on any atom is -0.494 e. The third-order valence-corrected chi connectivity index (χ3v) is 6.19. The molecule has 34 heavy (non-hydrogen) atoms. The number of aryl methyl sites for hydroxylation is 1. The highest BCUT2D eigenvalue weighted by atomic mass is 35.5. The number of amides is 1. The standard InChI is InChI=1S/C22H19ClN6O4S/c1-11-5-13(14-6-17(23)25-8-16(14)31-2)15(7-24-11)20(30)29-22-28-19-21(34-22)27-18(9-26-19)33-12-3-4-32-10-12/h5-9,12H,3-4,10H2,1-2H3,(H,26,28,29,30). The number of nitrogens with zero attached hydrogens (tertiary/aromatic N) is 5. The van der Waals surface area contributed by atoms with Gasteiger partial charge in [-0.05, 0) is 19.1 Å². The quantitative estimate of drug-likeness (QED) is 0.394. The number of fused-ring (bicyclic) bond motifs is 1. The Bertz CT molecular complexity index is 1380. The number of nitrogens with one attached hydrogen (secondary N) is 1. The molecule has 1 fully saturated rings. The van der Waals surface area contributed by atoms with Crippen molar-refractivity contribution in [2.24, 2.45) is 0 Å². The summed E-state index contributed by atoms with van der Waals surface area (Å²) in [5.41, 5.74) is 2.72. The number of aromatic nitrogens is 5. The molecular weight excluding hydrogens is 480 g/mol. The van der Waals surface area contributed by atoms with Crippen LogP contribution < -0.4 is 14.8 Å². The number of pyridine rings is 2. The molecule has 5 rings (SSSR count). The number of ether oxygens (including phenoxy) is 3. The zero-order valence-corrected chi connectivity index (χ0v) is 19.8. The van der Waals surface area contributed by atoms with E-state index < -0.39 is 5.91 Å². The van der Waals surface area contributed by atoms with E-state index in [1.165, 1.54) is 37.0 Å². The second kappa shape index (κ2) is 9.45. The van der Waals surface area contributed by atoms with Crippen molar-refractivity contribution in [2.75, 3.05) is 25.6 Å². The number of halogens is 1. The van der Waals surface area contributed by atoms with Crippen LogP contribution in [0.25, 0.3) is 21.6 Å². The lowest BCUT2D eigenvalue weighted by atomic mass is 10.0. The molecule has 5 heterocycles. The van der Waals surface area contributed by atoms with Gasteiger partial charge in [-0.3, -0.25) is 15.1 Å². The molecule has 1 unspecified atom stereocenters. The van der Waals surface area contributed by atoms with Gasteiger partial charge in [-0.15, -0.1) is 0 Å². The van der Waals surface area contributed by atoms with Crippen molar-refractivity contribution in [3.05, 3.63) is 47.1 Å². The molecule has 1 atom stereocenters. The molecule has 4 aromatic rings. The van der Waals surface area contributed by atoms with Gasteiger partial charge in [-0.25, -0.2) is 9.97 Å². The van der Waals surface area contributed by atoms with E-state index in [1.807, 2.05) is 6.92 Å². The van der Waals surface area contributed by atoms with Gasteiger partial charge in [0.15, 0.2) is 15.6 Å². The number of hydrogen-bond donors (Lipinski definition) is 1. The molecule has 0 radical (unpaired) electrons. The first kappa shape index (κ1) is 22.4. The Labute approximate surface area is 203 Å². The number of rotatable bonds is 6. The van der Waals surface area contributed by atoms with E-state index in [1.54, 1.807) is 12.1 Å². The fourth-order valence-electron chi connectivity index (χ4n) is 3.51. The molecule has 0 spiro atoms. The second-order valence-electron chi connectivity index (χ2n) is 7.49. The summed E-state index contributed by atoms with van der Waals surface area (Å²) in [4.78, 5) is 35.3. The van der Waals surface area contributed by atoms with Gasteiger partial charge in [0.25, 0.3) is 5.91 Å². The number of anilines is 1. The highest BCUT2D eigenvalue weighted by molar-refractivity contribution is 7.21. The number of hydrogen-bond acceptors (Lipinski definition) is 10. The fraction of sp³-hybridized carbons (Fsp3) is 0.273. The van der Waals surface area contributed by atoms with Gasteiger partial charge in [0, 0.05) is 29.4 Å².